The highest BCUT2D eigenvalue weighted by Gasteiger charge is 2.15. The van der Waals surface area contributed by atoms with Crippen LogP contribution < -0.4 is 18.9 Å². The normalized spacial score (nSPS) is 12.1. The van der Waals surface area contributed by atoms with E-state index in [4.69, 9.17) is 30.5 Å². The van der Waals surface area contributed by atoms with Gasteiger partial charge in [0.15, 0.2) is 11.5 Å². The summed E-state index contributed by atoms with van der Waals surface area (Å²) < 4.78 is 24.2. The van der Waals surface area contributed by atoms with Crippen LogP contribution in [0, 0.1) is 6.92 Å². The summed E-state index contributed by atoms with van der Waals surface area (Å²) in [5.41, 5.74) is 1.48. The molecule has 0 amide bonds. The van der Waals surface area contributed by atoms with Crippen LogP contribution in [-0.4, -0.2) is 26.3 Å². The maximum absolute atomic E-state index is 6.39. The van der Waals surface area contributed by atoms with Gasteiger partial charge in [0.25, 0.3) is 0 Å². The van der Waals surface area contributed by atoms with E-state index in [1.165, 1.54) is 0 Å². The quantitative estimate of drug-likeness (QED) is 0.450. The molecule has 0 saturated carbocycles. The second kappa shape index (κ2) is 7.57. The van der Waals surface area contributed by atoms with Crippen LogP contribution in [0.1, 0.15) is 5.69 Å². The number of imidazole rings is 1. The van der Waals surface area contributed by atoms with Gasteiger partial charge in [0.05, 0.1) is 17.0 Å². The van der Waals surface area contributed by atoms with Gasteiger partial charge in [-0.2, -0.15) is 9.97 Å². The van der Waals surface area contributed by atoms with Gasteiger partial charge in [-0.1, -0.05) is 11.6 Å². The number of nitrogens with zero attached hydrogens (tertiary/aromatic N) is 4. The molecule has 0 radical (unpaired) electrons. The fraction of sp³-hybridized carbons (Fsp3) is 0.0952. The van der Waals surface area contributed by atoms with E-state index in [-0.39, 0.29) is 12.8 Å². The Labute approximate surface area is 176 Å². The van der Waals surface area contributed by atoms with E-state index in [1.54, 1.807) is 48.9 Å². The third-order valence-corrected chi connectivity index (χ3v) is 4.59. The molecule has 0 aliphatic carbocycles. The highest BCUT2D eigenvalue weighted by Crippen LogP contribution is 2.36. The summed E-state index contributed by atoms with van der Waals surface area (Å²) in [6.07, 6.45) is 5.17. The van der Waals surface area contributed by atoms with Crippen LogP contribution in [-0.2, 0) is 0 Å². The van der Waals surface area contributed by atoms with Crippen LogP contribution >= 0.6 is 11.6 Å². The average Bonchev–Trinajstić information content (AvgIpc) is 3.39. The Kier molecular flexibility index (Phi) is 4.61. The number of aromatic nitrogens is 4. The molecule has 1 aliphatic heterocycles. The molecule has 0 atom stereocenters. The summed E-state index contributed by atoms with van der Waals surface area (Å²) in [7, 11) is 0. The van der Waals surface area contributed by atoms with Crippen molar-refractivity contribution in [3.8, 4) is 40.6 Å². The maximum atomic E-state index is 6.39. The van der Waals surface area contributed by atoms with E-state index in [1.807, 2.05) is 23.8 Å². The number of ether oxygens (including phenoxy) is 4. The summed E-state index contributed by atoms with van der Waals surface area (Å²) in [5, 5.41) is 0.509. The molecular formula is C21H15ClN4O4. The molecule has 5 rings (SSSR count). The van der Waals surface area contributed by atoms with Gasteiger partial charge in [-0.25, -0.2) is 4.98 Å². The summed E-state index contributed by atoms with van der Waals surface area (Å²) in [6.45, 7) is 2.03. The number of fused-ring (bicyclic) bond motifs is 1. The van der Waals surface area contributed by atoms with Crippen molar-refractivity contribution in [1.82, 2.24) is 19.5 Å². The van der Waals surface area contributed by atoms with E-state index in [2.05, 4.69) is 15.0 Å². The summed E-state index contributed by atoms with van der Waals surface area (Å²) in [6, 6.07) is 12.5. The molecule has 3 heterocycles. The first-order chi connectivity index (χ1) is 14.6. The van der Waals surface area contributed by atoms with Crippen molar-refractivity contribution in [2.75, 3.05) is 6.79 Å². The van der Waals surface area contributed by atoms with E-state index >= 15 is 0 Å². The monoisotopic (exact) mass is 422 g/mol. The predicted molar refractivity (Wildman–Crippen MR) is 108 cm³/mol. The number of aryl methyl sites for hydroxylation is 1. The second-order valence-corrected chi connectivity index (χ2v) is 6.84. The van der Waals surface area contributed by atoms with E-state index in [0.29, 0.717) is 39.6 Å². The Morgan fingerprint density at radius 2 is 1.80 bits per heavy atom. The van der Waals surface area contributed by atoms with Gasteiger partial charge in [-0.3, -0.25) is 0 Å². The minimum atomic E-state index is 0.150. The zero-order valence-corrected chi connectivity index (χ0v) is 16.5. The molecule has 2 aromatic carbocycles. The molecule has 150 valence electrons. The van der Waals surface area contributed by atoms with Crippen LogP contribution in [0.25, 0.3) is 5.69 Å². The van der Waals surface area contributed by atoms with Gasteiger partial charge < -0.3 is 23.5 Å². The van der Waals surface area contributed by atoms with Crippen molar-refractivity contribution in [2.45, 2.75) is 6.92 Å². The molecule has 9 heteroatoms. The van der Waals surface area contributed by atoms with E-state index < -0.39 is 0 Å². The zero-order valence-electron chi connectivity index (χ0n) is 15.8. The van der Waals surface area contributed by atoms with Crippen molar-refractivity contribution < 1.29 is 18.9 Å². The van der Waals surface area contributed by atoms with Gasteiger partial charge in [0, 0.05) is 36.3 Å². The van der Waals surface area contributed by atoms with Gasteiger partial charge >= 0.3 is 6.01 Å². The molecule has 0 bridgehead atoms. The molecule has 0 spiro atoms. The number of benzene rings is 2. The highest BCUT2D eigenvalue weighted by atomic mass is 35.5. The van der Waals surface area contributed by atoms with Crippen molar-refractivity contribution in [3.05, 3.63) is 71.9 Å². The Morgan fingerprint density at radius 1 is 0.967 bits per heavy atom. The molecule has 30 heavy (non-hydrogen) atoms. The van der Waals surface area contributed by atoms with Gasteiger partial charge in [0.1, 0.15) is 11.5 Å². The third-order valence-electron chi connectivity index (χ3n) is 4.29. The number of hydrogen-bond acceptors (Lipinski definition) is 7. The largest absolute Gasteiger partial charge is 0.454 e. The van der Waals surface area contributed by atoms with Gasteiger partial charge in [0.2, 0.25) is 12.7 Å². The SMILES string of the molecule is Cc1cc(Oc2ccc3c(c2)OCO3)nc(Oc2ccc(-n3ccnc3)c(Cl)c2)n1. The highest BCUT2D eigenvalue weighted by molar-refractivity contribution is 6.32. The molecule has 0 N–H and O–H groups in total. The molecule has 1 aliphatic rings. The second-order valence-electron chi connectivity index (χ2n) is 6.43. The number of hydrogen-bond donors (Lipinski definition) is 0. The van der Waals surface area contributed by atoms with Crippen molar-refractivity contribution in [1.29, 1.82) is 0 Å². The van der Waals surface area contributed by atoms with Gasteiger partial charge in [-0.05, 0) is 31.2 Å². The van der Waals surface area contributed by atoms with Crippen molar-refractivity contribution >= 4 is 11.6 Å². The fourth-order valence-electron chi connectivity index (χ4n) is 2.94. The maximum Gasteiger partial charge on any atom is 0.325 e. The molecule has 0 fully saturated rings. The molecule has 0 saturated heterocycles. The van der Waals surface area contributed by atoms with E-state index in [0.717, 1.165) is 5.69 Å². The lowest BCUT2D eigenvalue weighted by molar-refractivity contribution is 0.174. The minimum absolute atomic E-state index is 0.150. The lowest BCUT2D eigenvalue weighted by Crippen LogP contribution is -1.98. The first-order valence-corrected chi connectivity index (χ1v) is 9.41. The minimum Gasteiger partial charge on any atom is -0.454 e. The smallest absolute Gasteiger partial charge is 0.325 e. The predicted octanol–water partition coefficient (Wildman–Crippen LogP) is 4.94. The lowest BCUT2D eigenvalue weighted by Gasteiger charge is -2.10. The lowest BCUT2D eigenvalue weighted by atomic mass is 10.3. The zero-order chi connectivity index (χ0) is 20.5. The van der Waals surface area contributed by atoms with Crippen molar-refractivity contribution in [3.63, 3.8) is 0 Å². The molecular weight excluding hydrogens is 408 g/mol. The summed E-state index contributed by atoms with van der Waals surface area (Å²) in [4.78, 5) is 12.7. The van der Waals surface area contributed by atoms with Crippen LogP contribution in [0.4, 0.5) is 0 Å². The molecule has 0 unspecified atom stereocenters. The number of rotatable bonds is 5. The molecule has 8 nitrogen and oxygen atoms in total. The third kappa shape index (κ3) is 3.72. The standard InChI is InChI=1S/C21H15ClN4O4/c1-13-8-20(29-15-3-5-18-19(10-15)28-12-27-18)25-21(24-13)30-14-2-4-17(16(22)9-14)26-7-6-23-11-26/h2-11H,12H2,1H3. The Balaban J connectivity index is 1.37. The van der Waals surface area contributed by atoms with Gasteiger partial charge in [-0.15, -0.1) is 0 Å². The Morgan fingerprint density at radius 3 is 2.63 bits per heavy atom. The van der Waals surface area contributed by atoms with Crippen LogP contribution in [0.5, 0.6) is 34.9 Å². The molecule has 2 aromatic heterocycles. The van der Waals surface area contributed by atoms with Crippen LogP contribution in [0.3, 0.4) is 0 Å². The average molecular weight is 423 g/mol. The Bertz CT molecular complexity index is 1210. The van der Waals surface area contributed by atoms with Crippen LogP contribution in [0.15, 0.2) is 61.2 Å². The van der Waals surface area contributed by atoms with E-state index in [9.17, 15) is 0 Å². The van der Waals surface area contributed by atoms with Crippen molar-refractivity contribution in [2.24, 2.45) is 0 Å². The fourth-order valence-corrected chi connectivity index (χ4v) is 3.21. The number of halogens is 1. The summed E-state index contributed by atoms with van der Waals surface area (Å²) >= 11 is 6.39. The topological polar surface area (TPSA) is 80.5 Å². The Hall–Kier alpha value is -3.78. The first kappa shape index (κ1) is 18.3. The van der Waals surface area contributed by atoms with Crippen LogP contribution in [0.2, 0.25) is 5.02 Å². The first-order valence-electron chi connectivity index (χ1n) is 9.03. The molecule has 4 aromatic rings. The summed E-state index contributed by atoms with van der Waals surface area (Å²) in [5.74, 6) is 2.72.